The minimum absolute atomic E-state index is 0.00792. The Morgan fingerprint density at radius 2 is 2.00 bits per heavy atom. The lowest BCUT2D eigenvalue weighted by molar-refractivity contribution is -0.120. The van der Waals surface area contributed by atoms with Crippen LogP contribution in [0.5, 0.6) is 0 Å². The van der Waals surface area contributed by atoms with E-state index in [9.17, 15) is 4.79 Å². The quantitative estimate of drug-likeness (QED) is 0.509. The number of hydrogen-bond acceptors (Lipinski definition) is 6. The van der Waals surface area contributed by atoms with Crippen LogP contribution in [-0.4, -0.2) is 42.3 Å². The van der Waals surface area contributed by atoms with Crippen LogP contribution in [0.1, 0.15) is 13.3 Å². The van der Waals surface area contributed by atoms with Gasteiger partial charge in [0.1, 0.15) is 11.6 Å². The Kier molecular flexibility index (Phi) is 6.27. The summed E-state index contributed by atoms with van der Waals surface area (Å²) in [7, 11) is 1.63. The number of rotatable bonds is 7. The van der Waals surface area contributed by atoms with Gasteiger partial charge in [-0.15, -0.1) is 0 Å². The molecule has 1 amide bonds. The molecule has 0 aromatic carbocycles. The molecule has 100 valence electrons. The van der Waals surface area contributed by atoms with Crippen molar-refractivity contribution in [1.29, 1.82) is 0 Å². The number of nitrogens with one attached hydrogen (secondary N) is 3. The molecule has 7 heteroatoms. The van der Waals surface area contributed by atoms with Crippen LogP contribution in [0.15, 0.2) is 11.2 Å². The summed E-state index contributed by atoms with van der Waals surface area (Å²) in [4.78, 5) is 19.7. The lowest BCUT2D eigenvalue weighted by Crippen LogP contribution is -2.21. The average molecular weight is 269 g/mol. The van der Waals surface area contributed by atoms with Gasteiger partial charge in [-0.3, -0.25) is 4.79 Å². The fourth-order valence-electron chi connectivity index (χ4n) is 1.31. The summed E-state index contributed by atoms with van der Waals surface area (Å²) in [5.74, 6) is 1.53. The Balaban J connectivity index is 2.63. The summed E-state index contributed by atoms with van der Waals surface area (Å²) in [5, 5.41) is 9.55. The Morgan fingerprint density at radius 3 is 2.56 bits per heavy atom. The van der Waals surface area contributed by atoms with Crippen molar-refractivity contribution in [3.8, 4) is 0 Å². The van der Waals surface area contributed by atoms with E-state index in [4.69, 9.17) is 0 Å². The zero-order chi connectivity index (χ0) is 13.4. The minimum Gasteiger partial charge on any atom is -0.370 e. The summed E-state index contributed by atoms with van der Waals surface area (Å²) in [5.41, 5.74) is 0. The molecule has 6 nitrogen and oxygen atoms in total. The molecule has 1 aromatic heterocycles. The van der Waals surface area contributed by atoms with Crippen LogP contribution >= 0.6 is 11.8 Å². The number of amides is 1. The molecule has 0 saturated carbocycles. The number of nitrogens with zero attached hydrogens (tertiary/aromatic N) is 2. The van der Waals surface area contributed by atoms with E-state index in [0.29, 0.717) is 18.1 Å². The molecule has 0 radical (unpaired) electrons. The fourth-order valence-corrected chi connectivity index (χ4v) is 1.69. The molecule has 1 aromatic rings. The van der Waals surface area contributed by atoms with E-state index >= 15 is 0 Å². The van der Waals surface area contributed by atoms with Crippen LogP contribution in [-0.2, 0) is 4.79 Å². The van der Waals surface area contributed by atoms with Gasteiger partial charge in [0.05, 0.1) is 0 Å². The molecular formula is C11H19N5OS. The third-order valence-electron chi connectivity index (χ3n) is 2.18. The molecular weight excluding hydrogens is 250 g/mol. The van der Waals surface area contributed by atoms with E-state index in [0.717, 1.165) is 18.2 Å². The van der Waals surface area contributed by atoms with Crippen LogP contribution in [0.3, 0.4) is 0 Å². The van der Waals surface area contributed by atoms with Crippen LogP contribution in [0.4, 0.5) is 11.6 Å². The molecule has 0 aliphatic heterocycles. The topological polar surface area (TPSA) is 78.9 Å². The van der Waals surface area contributed by atoms with Gasteiger partial charge in [0.25, 0.3) is 0 Å². The molecule has 18 heavy (non-hydrogen) atoms. The second kappa shape index (κ2) is 7.75. The highest BCUT2D eigenvalue weighted by Gasteiger charge is 2.04. The minimum atomic E-state index is 0.00792. The van der Waals surface area contributed by atoms with Crippen molar-refractivity contribution in [2.45, 2.75) is 18.5 Å². The Bertz CT molecular complexity index is 399. The van der Waals surface area contributed by atoms with E-state index < -0.39 is 0 Å². The second-order valence-corrected chi connectivity index (χ2v) is 4.28. The first-order valence-electron chi connectivity index (χ1n) is 5.81. The summed E-state index contributed by atoms with van der Waals surface area (Å²) in [6.45, 7) is 3.37. The molecule has 0 bridgehead atoms. The first-order chi connectivity index (χ1) is 8.69. The van der Waals surface area contributed by atoms with Gasteiger partial charge in [0, 0.05) is 32.6 Å². The zero-order valence-corrected chi connectivity index (χ0v) is 11.7. The van der Waals surface area contributed by atoms with E-state index in [1.807, 2.05) is 19.2 Å². The number of anilines is 2. The lowest BCUT2D eigenvalue weighted by atomic mass is 10.4. The van der Waals surface area contributed by atoms with Crippen LogP contribution in [0, 0.1) is 0 Å². The van der Waals surface area contributed by atoms with Crippen molar-refractivity contribution in [1.82, 2.24) is 15.3 Å². The van der Waals surface area contributed by atoms with Crippen molar-refractivity contribution in [2.24, 2.45) is 0 Å². The first kappa shape index (κ1) is 14.6. The fraction of sp³-hybridized carbons (Fsp3) is 0.545. The predicted octanol–water partition coefficient (Wildman–Crippen LogP) is 1.18. The molecule has 1 heterocycles. The van der Waals surface area contributed by atoms with Gasteiger partial charge in [0.15, 0.2) is 5.16 Å². The summed E-state index contributed by atoms with van der Waals surface area (Å²) >= 11 is 1.49. The summed E-state index contributed by atoms with van der Waals surface area (Å²) in [6.07, 6.45) is 2.35. The number of carbonyl (C=O) groups excluding carboxylic acids is 1. The van der Waals surface area contributed by atoms with Gasteiger partial charge in [-0.1, -0.05) is 11.8 Å². The highest BCUT2D eigenvalue weighted by molar-refractivity contribution is 7.98. The SMILES string of the molecule is CCNc1cc(NCCC(=O)NC)nc(SC)n1. The second-order valence-electron chi connectivity index (χ2n) is 3.51. The van der Waals surface area contributed by atoms with Crippen molar-refractivity contribution < 1.29 is 4.79 Å². The van der Waals surface area contributed by atoms with Crippen LogP contribution in [0.2, 0.25) is 0 Å². The van der Waals surface area contributed by atoms with Gasteiger partial charge in [0.2, 0.25) is 5.91 Å². The standard InChI is InChI=1S/C11H19N5OS/c1-4-13-8-7-9(16-11(15-8)18-3)14-6-5-10(17)12-2/h7H,4-6H2,1-3H3,(H,12,17)(H2,13,14,15,16). The molecule has 0 saturated heterocycles. The first-order valence-corrected chi connectivity index (χ1v) is 7.03. The van der Waals surface area contributed by atoms with E-state index in [-0.39, 0.29) is 5.91 Å². The Morgan fingerprint density at radius 1 is 1.33 bits per heavy atom. The molecule has 0 atom stereocenters. The van der Waals surface area contributed by atoms with Gasteiger partial charge >= 0.3 is 0 Å². The van der Waals surface area contributed by atoms with Gasteiger partial charge in [-0.2, -0.15) is 0 Å². The Labute approximate surface area is 111 Å². The van der Waals surface area contributed by atoms with Crippen molar-refractivity contribution in [3.05, 3.63) is 6.07 Å². The van der Waals surface area contributed by atoms with Gasteiger partial charge < -0.3 is 16.0 Å². The van der Waals surface area contributed by atoms with Crippen molar-refractivity contribution in [2.75, 3.05) is 37.0 Å². The maximum Gasteiger partial charge on any atom is 0.221 e. The smallest absolute Gasteiger partial charge is 0.221 e. The summed E-state index contributed by atoms with van der Waals surface area (Å²) < 4.78 is 0. The molecule has 0 aliphatic rings. The normalized spacial score (nSPS) is 9.94. The molecule has 0 unspecified atom stereocenters. The lowest BCUT2D eigenvalue weighted by Gasteiger charge is -2.09. The molecule has 0 aliphatic carbocycles. The number of aromatic nitrogens is 2. The van der Waals surface area contributed by atoms with E-state index in [1.54, 1.807) is 7.05 Å². The van der Waals surface area contributed by atoms with Crippen molar-refractivity contribution in [3.63, 3.8) is 0 Å². The number of thioether (sulfide) groups is 1. The summed E-state index contributed by atoms with van der Waals surface area (Å²) in [6, 6.07) is 1.84. The third-order valence-corrected chi connectivity index (χ3v) is 2.73. The third kappa shape index (κ3) is 4.79. The highest BCUT2D eigenvalue weighted by Crippen LogP contribution is 2.17. The van der Waals surface area contributed by atoms with Crippen LogP contribution < -0.4 is 16.0 Å². The molecule has 1 rings (SSSR count). The van der Waals surface area contributed by atoms with Crippen LogP contribution in [0.25, 0.3) is 0 Å². The molecule has 0 fully saturated rings. The monoisotopic (exact) mass is 269 g/mol. The highest BCUT2D eigenvalue weighted by atomic mass is 32.2. The Hall–Kier alpha value is -1.50. The van der Waals surface area contributed by atoms with E-state index in [2.05, 4.69) is 25.9 Å². The zero-order valence-electron chi connectivity index (χ0n) is 10.9. The van der Waals surface area contributed by atoms with Crippen molar-refractivity contribution >= 4 is 29.3 Å². The number of carbonyl (C=O) groups is 1. The van der Waals surface area contributed by atoms with Gasteiger partial charge in [-0.05, 0) is 13.2 Å². The maximum atomic E-state index is 11.1. The van der Waals surface area contributed by atoms with Gasteiger partial charge in [-0.25, -0.2) is 9.97 Å². The maximum absolute atomic E-state index is 11.1. The number of hydrogen-bond donors (Lipinski definition) is 3. The van der Waals surface area contributed by atoms with E-state index in [1.165, 1.54) is 11.8 Å². The largest absolute Gasteiger partial charge is 0.370 e. The molecule has 0 spiro atoms. The molecule has 3 N–H and O–H groups in total. The predicted molar refractivity (Wildman–Crippen MR) is 75.2 cm³/mol. The average Bonchev–Trinajstić information content (AvgIpc) is 2.38.